The molecular weight excluding hydrogens is 380 g/mol. The van der Waals surface area contributed by atoms with Gasteiger partial charge in [0.1, 0.15) is 0 Å². The molecule has 0 unspecified atom stereocenters. The highest BCUT2D eigenvalue weighted by Gasteiger charge is 2.16. The van der Waals surface area contributed by atoms with E-state index in [9.17, 15) is 14.7 Å². The first kappa shape index (κ1) is 21.1. The van der Waals surface area contributed by atoms with Crippen molar-refractivity contribution in [3.63, 3.8) is 0 Å². The predicted octanol–water partition coefficient (Wildman–Crippen LogP) is 3.67. The molecule has 0 saturated heterocycles. The Bertz CT molecular complexity index is 1070. The van der Waals surface area contributed by atoms with Crippen molar-refractivity contribution in [2.24, 2.45) is 7.05 Å². The average molecular weight is 406 g/mol. The second kappa shape index (κ2) is 8.82. The van der Waals surface area contributed by atoms with Crippen molar-refractivity contribution in [2.45, 2.75) is 20.3 Å². The van der Waals surface area contributed by atoms with Gasteiger partial charge in [-0.15, -0.1) is 0 Å². The minimum Gasteiger partial charge on any atom is -0.478 e. The lowest BCUT2D eigenvalue weighted by atomic mass is 10.1. The van der Waals surface area contributed by atoms with Crippen LogP contribution in [0.25, 0.3) is 0 Å². The summed E-state index contributed by atoms with van der Waals surface area (Å²) in [5.74, 6) is -1.33. The van der Waals surface area contributed by atoms with E-state index in [0.29, 0.717) is 17.8 Å². The van der Waals surface area contributed by atoms with Crippen LogP contribution >= 0.6 is 0 Å². The van der Waals surface area contributed by atoms with Crippen molar-refractivity contribution in [1.82, 2.24) is 9.78 Å². The summed E-state index contributed by atoms with van der Waals surface area (Å²) in [6.07, 6.45) is 0.786. The number of nitrogens with one attached hydrogen (secondary N) is 1. The lowest BCUT2D eigenvalue weighted by Crippen LogP contribution is -2.23. The molecule has 0 bridgehead atoms. The minimum atomic E-state index is -1.04. The van der Waals surface area contributed by atoms with E-state index in [1.165, 1.54) is 11.6 Å². The van der Waals surface area contributed by atoms with Gasteiger partial charge in [0.25, 0.3) is 5.91 Å². The quantitative estimate of drug-likeness (QED) is 0.625. The van der Waals surface area contributed by atoms with Gasteiger partial charge in [-0.1, -0.05) is 18.2 Å². The molecule has 7 heteroatoms. The van der Waals surface area contributed by atoms with Crippen LogP contribution in [0.1, 0.15) is 37.7 Å². The van der Waals surface area contributed by atoms with E-state index in [-0.39, 0.29) is 11.5 Å². The molecule has 0 atom stereocenters. The van der Waals surface area contributed by atoms with Crippen LogP contribution in [0.5, 0.6) is 0 Å². The number of carboxylic acid groups (broad SMARTS) is 1. The molecular formula is C23H26N4O3. The van der Waals surface area contributed by atoms with Gasteiger partial charge in [0.15, 0.2) is 0 Å². The number of carbonyl (C=O) groups is 2. The Morgan fingerprint density at radius 2 is 1.80 bits per heavy atom. The van der Waals surface area contributed by atoms with E-state index in [4.69, 9.17) is 0 Å². The second-order valence-electron chi connectivity index (χ2n) is 7.30. The van der Waals surface area contributed by atoms with Gasteiger partial charge in [-0.2, -0.15) is 5.10 Å². The van der Waals surface area contributed by atoms with E-state index in [1.807, 2.05) is 43.6 Å². The number of nitrogens with zero attached hydrogens (tertiary/aromatic N) is 3. The van der Waals surface area contributed by atoms with Crippen LogP contribution in [0.4, 0.5) is 11.4 Å². The van der Waals surface area contributed by atoms with Crippen LogP contribution in [-0.4, -0.2) is 40.4 Å². The zero-order valence-corrected chi connectivity index (χ0v) is 17.6. The monoisotopic (exact) mass is 406 g/mol. The number of rotatable bonds is 7. The topological polar surface area (TPSA) is 87.5 Å². The number of hydrogen-bond acceptors (Lipinski definition) is 4. The molecule has 1 heterocycles. The number of anilines is 2. The third-order valence-corrected chi connectivity index (χ3v) is 5.30. The van der Waals surface area contributed by atoms with E-state index in [2.05, 4.69) is 10.4 Å². The van der Waals surface area contributed by atoms with Crippen molar-refractivity contribution in [1.29, 1.82) is 0 Å². The second-order valence-corrected chi connectivity index (χ2v) is 7.30. The number of likely N-dealkylation sites (N-methyl/N-ethyl adjacent to an activating group) is 1. The van der Waals surface area contributed by atoms with Crippen LogP contribution < -0.4 is 10.2 Å². The minimum absolute atomic E-state index is 0.120. The van der Waals surface area contributed by atoms with Crippen molar-refractivity contribution in [2.75, 3.05) is 23.8 Å². The first-order chi connectivity index (χ1) is 14.3. The summed E-state index contributed by atoms with van der Waals surface area (Å²) < 4.78 is 1.87. The predicted molar refractivity (Wildman–Crippen MR) is 117 cm³/mol. The Morgan fingerprint density at radius 3 is 2.40 bits per heavy atom. The summed E-state index contributed by atoms with van der Waals surface area (Å²) in [5, 5.41) is 16.7. The number of hydrogen-bond donors (Lipinski definition) is 2. The summed E-state index contributed by atoms with van der Waals surface area (Å²) in [4.78, 5) is 26.1. The highest BCUT2D eigenvalue weighted by molar-refractivity contribution is 6.06. The molecule has 0 spiro atoms. The fourth-order valence-corrected chi connectivity index (χ4v) is 3.47. The molecule has 3 rings (SSSR count). The molecule has 2 aromatic carbocycles. The normalized spacial score (nSPS) is 10.7. The van der Waals surface area contributed by atoms with Gasteiger partial charge in [-0.05, 0) is 56.2 Å². The van der Waals surface area contributed by atoms with Gasteiger partial charge < -0.3 is 15.3 Å². The highest BCUT2D eigenvalue weighted by Crippen LogP contribution is 2.28. The van der Waals surface area contributed by atoms with E-state index in [0.717, 1.165) is 23.5 Å². The molecule has 1 aromatic heterocycles. The summed E-state index contributed by atoms with van der Waals surface area (Å²) >= 11 is 0. The van der Waals surface area contributed by atoms with Crippen LogP contribution in [0.3, 0.4) is 0 Å². The third-order valence-electron chi connectivity index (χ3n) is 5.30. The highest BCUT2D eigenvalue weighted by atomic mass is 16.4. The summed E-state index contributed by atoms with van der Waals surface area (Å²) in [6.45, 7) is 4.73. The largest absolute Gasteiger partial charge is 0.478 e. The average Bonchev–Trinajstić information content (AvgIpc) is 2.97. The van der Waals surface area contributed by atoms with Crippen LogP contribution in [0.2, 0.25) is 0 Å². The zero-order chi connectivity index (χ0) is 21.8. The summed E-state index contributed by atoms with van der Waals surface area (Å²) in [5.41, 5.74) is 5.17. The van der Waals surface area contributed by atoms with Crippen LogP contribution in [0.15, 0.2) is 48.5 Å². The molecule has 0 saturated carbocycles. The Labute approximate surface area is 175 Å². The molecule has 7 nitrogen and oxygen atoms in total. The number of carbonyl (C=O) groups excluding carboxylic acids is 1. The van der Waals surface area contributed by atoms with Gasteiger partial charge in [0.05, 0.1) is 22.6 Å². The van der Waals surface area contributed by atoms with E-state index >= 15 is 0 Å². The number of benzene rings is 2. The number of carboxylic acids is 1. The molecule has 1 amide bonds. The molecule has 30 heavy (non-hydrogen) atoms. The third kappa shape index (κ3) is 4.51. The van der Waals surface area contributed by atoms with E-state index in [1.54, 1.807) is 36.4 Å². The first-order valence-corrected chi connectivity index (χ1v) is 9.72. The molecule has 0 aliphatic heterocycles. The Kier molecular flexibility index (Phi) is 6.20. The van der Waals surface area contributed by atoms with Crippen LogP contribution in [-0.2, 0) is 13.5 Å². The first-order valence-electron chi connectivity index (χ1n) is 9.72. The zero-order valence-electron chi connectivity index (χ0n) is 17.6. The number of aryl methyl sites for hydroxylation is 2. The Balaban J connectivity index is 1.85. The van der Waals surface area contributed by atoms with Gasteiger partial charge in [0.2, 0.25) is 0 Å². The maximum atomic E-state index is 12.7. The van der Waals surface area contributed by atoms with Crippen molar-refractivity contribution in [3.05, 3.63) is 76.6 Å². The Hall–Kier alpha value is -3.61. The Morgan fingerprint density at radius 1 is 1.10 bits per heavy atom. The summed E-state index contributed by atoms with van der Waals surface area (Å²) in [6, 6.07) is 13.6. The lowest BCUT2D eigenvalue weighted by Gasteiger charge is -2.23. The molecule has 156 valence electrons. The molecule has 2 N–H and O–H groups in total. The molecule has 0 aliphatic carbocycles. The number of aromatic carboxylic acids is 1. The maximum Gasteiger partial charge on any atom is 0.335 e. The van der Waals surface area contributed by atoms with Gasteiger partial charge >= 0.3 is 5.97 Å². The van der Waals surface area contributed by atoms with Gasteiger partial charge in [-0.25, -0.2) is 4.79 Å². The van der Waals surface area contributed by atoms with E-state index < -0.39 is 5.97 Å². The van der Waals surface area contributed by atoms with Gasteiger partial charge in [0, 0.05) is 31.9 Å². The van der Waals surface area contributed by atoms with Crippen molar-refractivity contribution in [3.8, 4) is 0 Å². The lowest BCUT2D eigenvalue weighted by molar-refractivity contribution is 0.0696. The summed E-state index contributed by atoms with van der Waals surface area (Å²) in [7, 11) is 3.85. The fourth-order valence-electron chi connectivity index (χ4n) is 3.47. The standard InChI is InChI=1S/C23H26N4O3/c1-15-19(16(2)27(4)25-15)12-13-26(3)21-11-10-18(23(29)30)14-20(21)24-22(28)17-8-6-5-7-9-17/h5-11,14H,12-13H2,1-4H3,(H,24,28)(H,29,30). The molecule has 0 fully saturated rings. The fraction of sp³-hybridized carbons (Fsp3) is 0.261. The molecule has 0 radical (unpaired) electrons. The van der Waals surface area contributed by atoms with Crippen molar-refractivity contribution >= 4 is 23.3 Å². The maximum absolute atomic E-state index is 12.7. The molecule has 0 aliphatic rings. The van der Waals surface area contributed by atoms with Gasteiger partial charge in [-0.3, -0.25) is 9.48 Å². The molecule has 3 aromatic rings. The van der Waals surface area contributed by atoms with Crippen LogP contribution in [0, 0.1) is 13.8 Å². The number of amides is 1. The number of aromatic nitrogens is 2. The SMILES string of the molecule is Cc1nn(C)c(C)c1CCN(C)c1ccc(C(=O)O)cc1NC(=O)c1ccccc1. The smallest absolute Gasteiger partial charge is 0.335 e. The van der Waals surface area contributed by atoms with Crippen molar-refractivity contribution < 1.29 is 14.7 Å².